The van der Waals surface area contributed by atoms with Gasteiger partial charge in [-0.1, -0.05) is 0 Å². The van der Waals surface area contributed by atoms with Crippen molar-refractivity contribution in [1.29, 1.82) is 0 Å². The highest BCUT2D eigenvalue weighted by molar-refractivity contribution is 5.82. The molecule has 2 aromatic heterocycles. The summed E-state index contributed by atoms with van der Waals surface area (Å²) >= 11 is 0. The monoisotopic (exact) mass is 287 g/mol. The Morgan fingerprint density at radius 3 is 2.90 bits per heavy atom. The molecular weight excluding hydrogens is 270 g/mol. The largest absolute Gasteiger partial charge is 0.349 e. The Kier molecular flexibility index (Phi) is 4.32. The van der Waals surface area contributed by atoms with Crippen molar-refractivity contribution >= 4 is 17.7 Å². The molecule has 7 heteroatoms. The van der Waals surface area contributed by atoms with Crippen molar-refractivity contribution in [2.45, 2.75) is 27.3 Å². The summed E-state index contributed by atoms with van der Waals surface area (Å²) in [5, 5.41) is 14.9. The van der Waals surface area contributed by atoms with E-state index in [-0.39, 0.29) is 11.5 Å². The van der Waals surface area contributed by atoms with E-state index in [1.807, 2.05) is 19.9 Å². The van der Waals surface area contributed by atoms with Crippen LogP contribution in [0, 0.1) is 24.0 Å². The summed E-state index contributed by atoms with van der Waals surface area (Å²) in [5.41, 5.74) is 5.75. The minimum Gasteiger partial charge on any atom is -0.349 e. The van der Waals surface area contributed by atoms with Crippen LogP contribution in [0.2, 0.25) is 0 Å². The number of nitro groups is 1. The van der Waals surface area contributed by atoms with Gasteiger partial charge in [0.15, 0.2) is 0 Å². The number of aromatic nitrogens is 2. The van der Waals surface area contributed by atoms with E-state index < -0.39 is 4.92 Å². The van der Waals surface area contributed by atoms with E-state index in [9.17, 15) is 10.1 Å². The first-order chi connectivity index (χ1) is 10.0. The Balaban J connectivity index is 2.19. The van der Waals surface area contributed by atoms with Gasteiger partial charge in [-0.25, -0.2) is 4.98 Å². The first-order valence-corrected chi connectivity index (χ1v) is 6.59. The first-order valence-electron chi connectivity index (χ1n) is 6.59. The molecule has 0 amide bonds. The fraction of sp³-hybridized carbons (Fsp3) is 0.286. The molecular formula is C14H17N5O2. The van der Waals surface area contributed by atoms with Crippen LogP contribution in [0.25, 0.3) is 0 Å². The van der Waals surface area contributed by atoms with Gasteiger partial charge in [-0.15, -0.1) is 0 Å². The molecule has 0 saturated carbocycles. The Labute approximate surface area is 122 Å². The van der Waals surface area contributed by atoms with Gasteiger partial charge in [0.25, 0.3) is 0 Å². The van der Waals surface area contributed by atoms with E-state index in [4.69, 9.17) is 0 Å². The zero-order valence-corrected chi connectivity index (χ0v) is 12.2. The number of aryl methyl sites for hydroxylation is 1. The van der Waals surface area contributed by atoms with Gasteiger partial charge in [0.05, 0.1) is 11.1 Å². The molecule has 0 fully saturated rings. The Hall–Kier alpha value is -2.70. The van der Waals surface area contributed by atoms with E-state index in [1.165, 1.54) is 18.3 Å². The zero-order chi connectivity index (χ0) is 15.4. The smallest absolute Gasteiger partial charge is 0.313 e. The van der Waals surface area contributed by atoms with Crippen LogP contribution in [0.5, 0.6) is 0 Å². The van der Waals surface area contributed by atoms with Crippen molar-refractivity contribution in [3.05, 3.63) is 51.5 Å². The van der Waals surface area contributed by atoms with Crippen LogP contribution >= 0.6 is 0 Å². The predicted octanol–water partition coefficient (Wildman–Crippen LogP) is 2.87. The molecule has 0 saturated heterocycles. The van der Waals surface area contributed by atoms with Gasteiger partial charge in [-0.2, -0.15) is 5.10 Å². The number of hydrogen-bond donors (Lipinski definition) is 1. The van der Waals surface area contributed by atoms with Gasteiger partial charge in [0, 0.05) is 35.8 Å². The van der Waals surface area contributed by atoms with Gasteiger partial charge in [-0.05, 0) is 32.9 Å². The molecule has 110 valence electrons. The van der Waals surface area contributed by atoms with Gasteiger partial charge >= 0.3 is 5.69 Å². The van der Waals surface area contributed by atoms with Crippen molar-refractivity contribution in [2.75, 3.05) is 5.43 Å². The lowest BCUT2D eigenvalue weighted by Crippen LogP contribution is -2.00. The number of nitrogens with zero attached hydrogens (tertiary/aromatic N) is 4. The van der Waals surface area contributed by atoms with E-state index in [1.54, 1.807) is 6.21 Å². The molecule has 7 nitrogen and oxygen atoms in total. The van der Waals surface area contributed by atoms with Gasteiger partial charge < -0.3 is 4.57 Å². The summed E-state index contributed by atoms with van der Waals surface area (Å²) in [6, 6.07) is 4.92. The number of rotatable bonds is 5. The van der Waals surface area contributed by atoms with Gasteiger partial charge in [0.2, 0.25) is 5.82 Å². The minimum atomic E-state index is -0.492. The molecule has 2 aromatic rings. The summed E-state index contributed by atoms with van der Waals surface area (Å²) in [5.74, 6) is 0.128. The van der Waals surface area contributed by atoms with Crippen LogP contribution in [0.3, 0.4) is 0 Å². The molecule has 0 radical (unpaired) electrons. The van der Waals surface area contributed by atoms with Crippen LogP contribution in [-0.4, -0.2) is 20.7 Å². The maximum absolute atomic E-state index is 10.9. The Bertz CT molecular complexity index is 691. The predicted molar refractivity (Wildman–Crippen MR) is 81.7 cm³/mol. The van der Waals surface area contributed by atoms with E-state index in [0.717, 1.165) is 23.5 Å². The lowest BCUT2D eigenvalue weighted by Gasteiger charge is -2.04. The Morgan fingerprint density at radius 1 is 1.52 bits per heavy atom. The van der Waals surface area contributed by atoms with Gasteiger partial charge in [0.1, 0.15) is 0 Å². The van der Waals surface area contributed by atoms with E-state index in [2.05, 4.69) is 27.0 Å². The highest BCUT2D eigenvalue weighted by Gasteiger charge is 2.13. The molecule has 2 heterocycles. The third-order valence-electron chi connectivity index (χ3n) is 3.29. The van der Waals surface area contributed by atoms with Crippen molar-refractivity contribution in [3.8, 4) is 0 Å². The number of anilines is 1. The third-order valence-corrected chi connectivity index (χ3v) is 3.29. The molecule has 21 heavy (non-hydrogen) atoms. The molecule has 0 bridgehead atoms. The van der Waals surface area contributed by atoms with Gasteiger partial charge in [-0.3, -0.25) is 15.5 Å². The van der Waals surface area contributed by atoms with Crippen molar-refractivity contribution in [3.63, 3.8) is 0 Å². The molecule has 0 spiro atoms. The highest BCUT2D eigenvalue weighted by atomic mass is 16.6. The molecule has 1 N–H and O–H groups in total. The molecule has 0 atom stereocenters. The number of hydrazone groups is 1. The summed E-state index contributed by atoms with van der Waals surface area (Å²) < 4.78 is 2.17. The third kappa shape index (κ3) is 3.07. The second-order valence-electron chi connectivity index (χ2n) is 4.57. The average molecular weight is 287 g/mol. The molecule has 0 aliphatic carbocycles. The zero-order valence-electron chi connectivity index (χ0n) is 12.2. The van der Waals surface area contributed by atoms with Crippen LogP contribution in [-0.2, 0) is 6.54 Å². The lowest BCUT2D eigenvalue weighted by molar-refractivity contribution is -0.384. The van der Waals surface area contributed by atoms with Crippen LogP contribution in [0.15, 0.2) is 29.5 Å². The molecule has 0 unspecified atom stereocenters. The topological polar surface area (TPSA) is 85.3 Å². The normalized spacial score (nSPS) is 11.0. The standard InChI is InChI=1S/C14H17N5O2/c1-4-18-10(2)8-12(11(18)3)9-16-17-14-13(19(20)21)6-5-7-15-14/h5-9H,4H2,1-3H3,(H,15,17)/b16-9-. The second kappa shape index (κ2) is 6.17. The second-order valence-corrected chi connectivity index (χ2v) is 4.57. The Morgan fingerprint density at radius 2 is 2.29 bits per heavy atom. The summed E-state index contributed by atoms with van der Waals surface area (Å²) in [6.45, 7) is 7.02. The molecule has 0 aliphatic rings. The summed E-state index contributed by atoms with van der Waals surface area (Å²) in [4.78, 5) is 14.3. The number of hydrogen-bond acceptors (Lipinski definition) is 5. The van der Waals surface area contributed by atoms with E-state index >= 15 is 0 Å². The molecule has 2 rings (SSSR count). The minimum absolute atomic E-state index is 0.103. The van der Waals surface area contributed by atoms with Crippen molar-refractivity contribution in [2.24, 2.45) is 5.10 Å². The number of nitrogens with one attached hydrogen (secondary N) is 1. The average Bonchev–Trinajstić information content (AvgIpc) is 2.73. The summed E-state index contributed by atoms with van der Waals surface area (Å²) in [7, 11) is 0. The first kappa shape index (κ1) is 14.7. The molecule has 0 aromatic carbocycles. The van der Waals surface area contributed by atoms with E-state index in [0.29, 0.717) is 0 Å². The maximum Gasteiger partial charge on any atom is 0.313 e. The van der Waals surface area contributed by atoms with Crippen LogP contribution < -0.4 is 5.43 Å². The fourth-order valence-corrected chi connectivity index (χ4v) is 2.24. The SMILES string of the molecule is CCn1c(C)cc(/C=N\Nc2ncccc2[N+](=O)[O-])c1C. The van der Waals surface area contributed by atoms with Crippen LogP contribution in [0.4, 0.5) is 11.5 Å². The molecule has 0 aliphatic heterocycles. The van der Waals surface area contributed by atoms with Crippen molar-refractivity contribution in [1.82, 2.24) is 9.55 Å². The van der Waals surface area contributed by atoms with Crippen molar-refractivity contribution < 1.29 is 4.92 Å². The highest BCUT2D eigenvalue weighted by Crippen LogP contribution is 2.20. The summed E-state index contributed by atoms with van der Waals surface area (Å²) in [6.07, 6.45) is 3.13. The quantitative estimate of drug-likeness (QED) is 0.520. The number of pyridine rings is 1. The fourth-order valence-electron chi connectivity index (χ4n) is 2.24. The van der Waals surface area contributed by atoms with Crippen LogP contribution in [0.1, 0.15) is 23.9 Å². The lowest BCUT2D eigenvalue weighted by atomic mass is 10.3. The maximum atomic E-state index is 10.9.